The molecule has 0 spiro atoms. The fraction of sp³-hybridized carbons (Fsp3) is 0.500. The second kappa shape index (κ2) is 6.26. The first-order valence-corrected chi connectivity index (χ1v) is 7.51. The number of carboxylic acid groups (broad SMARTS) is 1. The van der Waals surface area contributed by atoms with E-state index in [1.54, 1.807) is 0 Å². The van der Waals surface area contributed by atoms with Gasteiger partial charge in [-0.3, -0.25) is 4.79 Å². The molecule has 5 heteroatoms. The van der Waals surface area contributed by atoms with Crippen LogP contribution in [0.3, 0.4) is 0 Å². The predicted molar refractivity (Wildman–Crippen MR) is 79.3 cm³/mol. The van der Waals surface area contributed by atoms with Crippen LogP contribution in [0.15, 0.2) is 24.3 Å². The Morgan fingerprint density at radius 2 is 2.24 bits per heavy atom. The van der Waals surface area contributed by atoms with E-state index in [4.69, 9.17) is 9.84 Å². The lowest BCUT2D eigenvalue weighted by Gasteiger charge is -2.22. The number of carboxylic acids is 1. The summed E-state index contributed by atoms with van der Waals surface area (Å²) in [6, 6.07) is 7.88. The minimum Gasteiger partial charge on any atom is -0.481 e. The van der Waals surface area contributed by atoms with Gasteiger partial charge in [0.15, 0.2) is 0 Å². The van der Waals surface area contributed by atoms with Gasteiger partial charge in [-0.15, -0.1) is 0 Å². The number of hydrogen-bond acceptors (Lipinski definition) is 3. The summed E-state index contributed by atoms with van der Waals surface area (Å²) in [6.07, 6.45) is 4.46. The fourth-order valence-corrected chi connectivity index (χ4v) is 2.91. The van der Waals surface area contributed by atoms with E-state index < -0.39 is 5.97 Å². The van der Waals surface area contributed by atoms with Gasteiger partial charge in [-0.25, -0.2) is 4.98 Å². The van der Waals surface area contributed by atoms with Crippen LogP contribution in [0.2, 0.25) is 0 Å². The van der Waals surface area contributed by atoms with Crippen molar-refractivity contribution in [2.24, 2.45) is 0 Å². The number of para-hydroxylation sites is 2. The van der Waals surface area contributed by atoms with Crippen molar-refractivity contribution in [3.8, 4) is 0 Å². The molecule has 0 saturated carbocycles. The number of carbonyl (C=O) groups is 1. The van der Waals surface area contributed by atoms with Gasteiger partial charge in [-0.1, -0.05) is 12.1 Å². The molecule has 0 aliphatic carbocycles. The normalized spacial score (nSPS) is 19.0. The van der Waals surface area contributed by atoms with Crippen LogP contribution in [0.1, 0.15) is 31.5 Å². The number of aryl methyl sites for hydroxylation is 1. The second-order valence-electron chi connectivity index (χ2n) is 5.50. The van der Waals surface area contributed by atoms with E-state index in [1.165, 1.54) is 6.42 Å². The van der Waals surface area contributed by atoms with Crippen molar-refractivity contribution >= 4 is 17.0 Å². The van der Waals surface area contributed by atoms with E-state index in [0.717, 1.165) is 42.7 Å². The summed E-state index contributed by atoms with van der Waals surface area (Å²) in [4.78, 5) is 15.5. The summed E-state index contributed by atoms with van der Waals surface area (Å²) < 4.78 is 7.82. The first kappa shape index (κ1) is 14.1. The van der Waals surface area contributed by atoms with Crippen molar-refractivity contribution in [3.63, 3.8) is 0 Å². The van der Waals surface area contributed by atoms with Crippen LogP contribution < -0.4 is 0 Å². The van der Waals surface area contributed by atoms with Crippen molar-refractivity contribution in [1.29, 1.82) is 0 Å². The maximum atomic E-state index is 10.9. The number of aliphatic carboxylic acids is 1. The average molecular weight is 288 g/mol. The summed E-state index contributed by atoms with van der Waals surface area (Å²) >= 11 is 0. The third-order valence-corrected chi connectivity index (χ3v) is 3.97. The third kappa shape index (κ3) is 3.24. The average Bonchev–Trinajstić information content (AvgIpc) is 2.83. The third-order valence-electron chi connectivity index (χ3n) is 3.97. The smallest absolute Gasteiger partial charge is 0.305 e. The quantitative estimate of drug-likeness (QED) is 0.918. The Hall–Kier alpha value is -1.88. The van der Waals surface area contributed by atoms with Gasteiger partial charge in [0.2, 0.25) is 0 Å². The lowest BCUT2D eigenvalue weighted by molar-refractivity contribution is -0.137. The molecular weight excluding hydrogens is 268 g/mol. The lowest BCUT2D eigenvalue weighted by atomic mass is 10.1. The van der Waals surface area contributed by atoms with Crippen molar-refractivity contribution in [3.05, 3.63) is 30.1 Å². The first-order chi connectivity index (χ1) is 10.2. The number of nitrogens with zero attached hydrogens (tertiary/aromatic N) is 2. The number of aromatic nitrogens is 2. The highest BCUT2D eigenvalue weighted by Crippen LogP contribution is 2.21. The largest absolute Gasteiger partial charge is 0.481 e. The number of benzene rings is 1. The Labute approximate surface area is 123 Å². The van der Waals surface area contributed by atoms with Crippen LogP contribution >= 0.6 is 0 Å². The van der Waals surface area contributed by atoms with E-state index in [2.05, 4.69) is 4.98 Å². The van der Waals surface area contributed by atoms with Gasteiger partial charge in [-0.05, 0) is 31.4 Å². The van der Waals surface area contributed by atoms with Gasteiger partial charge in [0, 0.05) is 19.6 Å². The van der Waals surface area contributed by atoms with Crippen LogP contribution in [-0.2, 0) is 22.5 Å². The minimum absolute atomic E-state index is 0.110. The number of imidazole rings is 1. The molecule has 1 aromatic heterocycles. The molecule has 1 fully saturated rings. The standard InChI is InChI=1S/C16H20N2O3/c19-16(20)8-9-18-14-7-2-1-6-13(14)17-15(18)11-12-5-3-4-10-21-12/h1-2,6-7,12H,3-5,8-11H2,(H,19,20). The molecule has 112 valence electrons. The van der Waals surface area contributed by atoms with Gasteiger partial charge < -0.3 is 14.4 Å². The zero-order valence-corrected chi connectivity index (χ0v) is 12.0. The second-order valence-corrected chi connectivity index (χ2v) is 5.50. The highest BCUT2D eigenvalue weighted by molar-refractivity contribution is 5.76. The van der Waals surface area contributed by atoms with Gasteiger partial charge in [0.1, 0.15) is 5.82 Å². The molecule has 5 nitrogen and oxygen atoms in total. The molecule has 3 rings (SSSR count). The molecule has 1 aromatic carbocycles. The molecule has 21 heavy (non-hydrogen) atoms. The van der Waals surface area contributed by atoms with E-state index in [1.807, 2.05) is 28.8 Å². The van der Waals surface area contributed by atoms with Gasteiger partial charge in [0.25, 0.3) is 0 Å². The molecule has 2 aromatic rings. The predicted octanol–water partition coefficient (Wildman–Crippen LogP) is 2.62. The van der Waals surface area contributed by atoms with Crippen LogP contribution in [-0.4, -0.2) is 33.3 Å². The maximum absolute atomic E-state index is 10.9. The van der Waals surface area contributed by atoms with E-state index in [0.29, 0.717) is 6.54 Å². The van der Waals surface area contributed by atoms with Gasteiger partial charge in [-0.2, -0.15) is 0 Å². The van der Waals surface area contributed by atoms with E-state index >= 15 is 0 Å². The Bertz CT molecular complexity index is 629. The Morgan fingerprint density at radius 1 is 1.38 bits per heavy atom. The highest BCUT2D eigenvalue weighted by Gasteiger charge is 2.19. The molecule has 1 atom stereocenters. The van der Waals surface area contributed by atoms with Crippen LogP contribution in [0.4, 0.5) is 0 Å². The molecular formula is C16H20N2O3. The molecule has 0 bridgehead atoms. The lowest BCUT2D eigenvalue weighted by Crippen LogP contribution is -2.23. The SMILES string of the molecule is O=C(O)CCn1c(CC2CCCCO2)nc2ccccc21. The maximum Gasteiger partial charge on any atom is 0.305 e. The number of hydrogen-bond donors (Lipinski definition) is 1. The van der Waals surface area contributed by atoms with E-state index in [9.17, 15) is 4.79 Å². The number of rotatable bonds is 5. The summed E-state index contributed by atoms with van der Waals surface area (Å²) in [5, 5.41) is 8.94. The zero-order valence-electron chi connectivity index (χ0n) is 12.0. The minimum atomic E-state index is -0.785. The summed E-state index contributed by atoms with van der Waals surface area (Å²) in [5.74, 6) is 0.150. The number of fused-ring (bicyclic) bond motifs is 1. The Morgan fingerprint density at radius 3 is 3.00 bits per heavy atom. The molecule has 2 heterocycles. The first-order valence-electron chi connectivity index (χ1n) is 7.51. The van der Waals surface area contributed by atoms with Crippen molar-refractivity contribution in [2.75, 3.05) is 6.61 Å². The fourth-order valence-electron chi connectivity index (χ4n) is 2.91. The molecule has 0 radical (unpaired) electrons. The highest BCUT2D eigenvalue weighted by atomic mass is 16.5. The van der Waals surface area contributed by atoms with Crippen LogP contribution in [0, 0.1) is 0 Å². The van der Waals surface area contributed by atoms with Gasteiger partial charge >= 0.3 is 5.97 Å². The van der Waals surface area contributed by atoms with Crippen molar-refractivity contribution in [1.82, 2.24) is 9.55 Å². The van der Waals surface area contributed by atoms with Crippen LogP contribution in [0.5, 0.6) is 0 Å². The van der Waals surface area contributed by atoms with Gasteiger partial charge in [0.05, 0.1) is 23.6 Å². The number of ether oxygens (including phenoxy) is 1. The monoisotopic (exact) mass is 288 g/mol. The summed E-state index contributed by atoms with van der Waals surface area (Å²) in [7, 11) is 0. The van der Waals surface area contributed by atoms with Crippen molar-refractivity contribution in [2.45, 2.75) is 44.8 Å². The van der Waals surface area contributed by atoms with Crippen molar-refractivity contribution < 1.29 is 14.6 Å². The molecule has 1 unspecified atom stereocenters. The molecule has 1 N–H and O–H groups in total. The molecule has 0 amide bonds. The summed E-state index contributed by atoms with van der Waals surface area (Å²) in [6.45, 7) is 1.28. The van der Waals surface area contributed by atoms with Crippen LogP contribution in [0.25, 0.3) is 11.0 Å². The zero-order chi connectivity index (χ0) is 14.7. The molecule has 1 aliphatic heterocycles. The topological polar surface area (TPSA) is 64.3 Å². The van der Waals surface area contributed by atoms with E-state index in [-0.39, 0.29) is 12.5 Å². The molecule has 1 saturated heterocycles. The molecule has 1 aliphatic rings. The Kier molecular flexibility index (Phi) is 4.20. The summed E-state index contributed by atoms with van der Waals surface area (Å²) in [5.41, 5.74) is 1.93. The Balaban J connectivity index is 1.87.